The molecule has 0 radical (unpaired) electrons. The molecule has 2 heterocycles. The van der Waals surface area contributed by atoms with Crippen molar-refractivity contribution in [2.45, 2.75) is 0 Å². The number of ether oxygens (including phenoxy) is 1. The number of hydrogen-bond donors (Lipinski definition) is 0. The van der Waals surface area contributed by atoms with Crippen LogP contribution in [0.25, 0.3) is 11.5 Å². The maximum absolute atomic E-state index is 10.5. The van der Waals surface area contributed by atoms with Crippen LogP contribution in [0.5, 0.6) is 5.88 Å². The van der Waals surface area contributed by atoms with E-state index in [9.17, 15) is 4.79 Å². The highest BCUT2D eigenvalue weighted by molar-refractivity contribution is 5.72. The Morgan fingerprint density at radius 3 is 2.75 bits per heavy atom. The summed E-state index contributed by atoms with van der Waals surface area (Å²) in [4.78, 5) is 18.5. The van der Waals surface area contributed by atoms with Crippen LogP contribution in [0.1, 0.15) is 10.5 Å². The van der Waals surface area contributed by atoms with Crippen LogP contribution in [0.15, 0.2) is 24.4 Å². The molecule has 0 aliphatic rings. The highest BCUT2D eigenvalue weighted by Crippen LogP contribution is 2.12. The Labute approximate surface area is 91.3 Å². The van der Waals surface area contributed by atoms with Crippen LogP contribution in [0.3, 0.4) is 0 Å². The molecule has 16 heavy (non-hydrogen) atoms. The Balaban J connectivity index is 2.38. The van der Waals surface area contributed by atoms with Gasteiger partial charge in [-0.3, -0.25) is 4.79 Å². The van der Waals surface area contributed by atoms with Crippen LogP contribution in [0.4, 0.5) is 0 Å². The summed E-state index contributed by atoms with van der Waals surface area (Å²) in [5, 5.41) is 7.67. The number of aromatic nitrogens is 4. The van der Waals surface area contributed by atoms with E-state index in [2.05, 4.69) is 20.2 Å². The van der Waals surface area contributed by atoms with Gasteiger partial charge in [0.15, 0.2) is 12.1 Å². The molecule has 6 nitrogen and oxygen atoms in total. The Kier molecular flexibility index (Phi) is 2.81. The number of carbonyl (C=O) groups excluding carboxylic acids is 1. The third-order valence-corrected chi connectivity index (χ3v) is 1.88. The van der Waals surface area contributed by atoms with Crippen LogP contribution >= 0.6 is 0 Å². The maximum Gasteiger partial charge on any atom is 0.233 e. The van der Waals surface area contributed by atoms with Gasteiger partial charge >= 0.3 is 0 Å². The SMILES string of the molecule is COc1ccc(-c2nccc(C=O)n2)nn1. The van der Waals surface area contributed by atoms with Gasteiger partial charge in [-0.15, -0.1) is 10.2 Å². The third kappa shape index (κ3) is 2.00. The highest BCUT2D eigenvalue weighted by Gasteiger charge is 2.04. The van der Waals surface area contributed by atoms with Crippen LogP contribution in [-0.2, 0) is 0 Å². The van der Waals surface area contributed by atoms with E-state index >= 15 is 0 Å². The normalized spacial score (nSPS) is 9.81. The lowest BCUT2D eigenvalue weighted by molar-refractivity contribution is 0.111. The van der Waals surface area contributed by atoms with Crippen LogP contribution in [-0.4, -0.2) is 33.6 Å². The topological polar surface area (TPSA) is 77.9 Å². The second-order valence-corrected chi connectivity index (χ2v) is 2.88. The van der Waals surface area contributed by atoms with Crippen molar-refractivity contribution < 1.29 is 9.53 Å². The summed E-state index contributed by atoms with van der Waals surface area (Å²) in [5.41, 5.74) is 0.798. The van der Waals surface area contributed by atoms with Gasteiger partial charge in [-0.05, 0) is 12.1 Å². The molecule has 0 saturated carbocycles. The molecule has 2 rings (SSSR count). The zero-order chi connectivity index (χ0) is 11.4. The average molecular weight is 216 g/mol. The molecular weight excluding hydrogens is 208 g/mol. The van der Waals surface area contributed by atoms with Gasteiger partial charge < -0.3 is 4.74 Å². The van der Waals surface area contributed by atoms with Crippen molar-refractivity contribution in [3.63, 3.8) is 0 Å². The molecule has 0 N–H and O–H groups in total. The molecule has 6 heteroatoms. The lowest BCUT2D eigenvalue weighted by Gasteiger charge is -2.00. The van der Waals surface area contributed by atoms with Gasteiger partial charge in [0.2, 0.25) is 5.88 Å². The zero-order valence-electron chi connectivity index (χ0n) is 8.49. The smallest absolute Gasteiger partial charge is 0.233 e. The number of rotatable bonds is 3. The first kappa shape index (κ1) is 10.2. The minimum absolute atomic E-state index is 0.308. The number of carbonyl (C=O) groups is 1. The van der Waals surface area contributed by atoms with E-state index in [1.54, 1.807) is 12.1 Å². The summed E-state index contributed by atoms with van der Waals surface area (Å²) < 4.78 is 4.88. The molecule has 0 aliphatic carbocycles. The van der Waals surface area contributed by atoms with Gasteiger partial charge in [-0.2, -0.15) is 0 Å². The van der Waals surface area contributed by atoms with E-state index in [1.807, 2.05) is 0 Å². The molecule has 0 saturated heterocycles. The highest BCUT2D eigenvalue weighted by atomic mass is 16.5. The van der Waals surface area contributed by atoms with Crippen molar-refractivity contribution in [3.05, 3.63) is 30.1 Å². The molecular formula is C10H8N4O2. The van der Waals surface area contributed by atoms with Crippen LogP contribution < -0.4 is 4.74 Å². The summed E-state index contributed by atoms with van der Waals surface area (Å²) >= 11 is 0. The number of methoxy groups -OCH3 is 1. The van der Waals surface area contributed by atoms with E-state index in [0.717, 1.165) is 0 Å². The van der Waals surface area contributed by atoms with Crippen LogP contribution in [0, 0.1) is 0 Å². The molecule has 0 fully saturated rings. The standard InChI is InChI=1S/C10H8N4O2/c1-16-9-3-2-8(13-14-9)10-11-5-4-7(6-15)12-10/h2-6H,1H3. The quantitative estimate of drug-likeness (QED) is 0.704. The fourth-order valence-corrected chi connectivity index (χ4v) is 1.11. The Hall–Kier alpha value is -2.37. The van der Waals surface area contributed by atoms with Gasteiger partial charge in [-0.25, -0.2) is 9.97 Å². The van der Waals surface area contributed by atoms with Gasteiger partial charge in [0.05, 0.1) is 7.11 Å². The predicted octanol–water partition coefficient (Wildman–Crippen LogP) is 0.755. The first-order valence-corrected chi connectivity index (χ1v) is 4.50. The molecule has 2 aromatic rings. The maximum atomic E-state index is 10.5. The Morgan fingerprint density at radius 1 is 1.25 bits per heavy atom. The predicted molar refractivity (Wildman–Crippen MR) is 55.0 cm³/mol. The van der Waals surface area contributed by atoms with E-state index in [1.165, 1.54) is 19.4 Å². The van der Waals surface area contributed by atoms with Gasteiger partial charge in [0.25, 0.3) is 0 Å². The summed E-state index contributed by atoms with van der Waals surface area (Å²) in [6, 6.07) is 4.85. The largest absolute Gasteiger partial charge is 0.480 e. The zero-order valence-corrected chi connectivity index (χ0v) is 8.49. The fourth-order valence-electron chi connectivity index (χ4n) is 1.11. The van der Waals surface area contributed by atoms with Crippen molar-refractivity contribution in [3.8, 4) is 17.4 Å². The Morgan fingerprint density at radius 2 is 2.12 bits per heavy atom. The van der Waals surface area contributed by atoms with Crippen molar-refractivity contribution in [1.29, 1.82) is 0 Å². The molecule has 0 spiro atoms. The molecule has 2 aromatic heterocycles. The van der Waals surface area contributed by atoms with E-state index in [4.69, 9.17) is 4.74 Å². The average Bonchev–Trinajstić information content (AvgIpc) is 2.39. The van der Waals surface area contributed by atoms with E-state index in [0.29, 0.717) is 29.4 Å². The van der Waals surface area contributed by atoms with Crippen molar-refractivity contribution in [1.82, 2.24) is 20.2 Å². The number of nitrogens with zero attached hydrogens (tertiary/aromatic N) is 4. The Bertz CT molecular complexity index is 498. The number of hydrogen-bond acceptors (Lipinski definition) is 6. The summed E-state index contributed by atoms with van der Waals surface area (Å²) in [6.07, 6.45) is 2.15. The van der Waals surface area contributed by atoms with Crippen molar-refractivity contribution in [2.24, 2.45) is 0 Å². The lowest BCUT2D eigenvalue weighted by Crippen LogP contribution is -1.97. The molecule has 0 bridgehead atoms. The van der Waals surface area contributed by atoms with Crippen molar-refractivity contribution in [2.75, 3.05) is 7.11 Å². The minimum Gasteiger partial charge on any atom is -0.480 e. The fraction of sp³-hybridized carbons (Fsp3) is 0.100. The molecule has 0 aromatic carbocycles. The monoisotopic (exact) mass is 216 g/mol. The second-order valence-electron chi connectivity index (χ2n) is 2.88. The second kappa shape index (κ2) is 4.43. The molecule has 0 atom stereocenters. The molecule has 0 unspecified atom stereocenters. The molecule has 80 valence electrons. The molecule has 0 aliphatic heterocycles. The van der Waals surface area contributed by atoms with Crippen LogP contribution in [0.2, 0.25) is 0 Å². The first-order chi connectivity index (χ1) is 7.83. The van der Waals surface area contributed by atoms with E-state index < -0.39 is 0 Å². The van der Waals surface area contributed by atoms with Gasteiger partial charge in [0.1, 0.15) is 11.4 Å². The van der Waals surface area contributed by atoms with E-state index in [-0.39, 0.29) is 0 Å². The summed E-state index contributed by atoms with van der Waals surface area (Å²) in [6.45, 7) is 0. The summed E-state index contributed by atoms with van der Waals surface area (Å²) in [5.74, 6) is 0.773. The van der Waals surface area contributed by atoms with Gasteiger partial charge in [-0.1, -0.05) is 0 Å². The third-order valence-electron chi connectivity index (χ3n) is 1.88. The van der Waals surface area contributed by atoms with Gasteiger partial charge in [0, 0.05) is 12.3 Å². The lowest BCUT2D eigenvalue weighted by atomic mass is 10.3. The summed E-state index contributed by atoms with van der Waals surface area (Å²) in [7, 11) is 1.51. The molecule has 0 amide bonds. The van der Waals surface area contributed by atoms with Crippen molar-refractivity contribution >= 4 is 6.29 Å². The number of aldehydes is 1. The minimum atomic E-state index is 0.308. The first-order valence-electron chi connectivity index (χ1n) is 4.50.